The molecule has 0 saturated carbocycles. The van der Waals surface area contributed by atoms with Gasteiger partial charge in [-0.05, 0) is 40.5 Å². The molecule has 0 heterocycles. The minimum absolute atomic E-state index is 0.520. The van der Waals surface area contributed by atoms with Gasteiger partial charge in [0.1, 0.15) is 0 Å². The van der Waals surface area contributed by atoms with Gasteiger partial charge in [-0.3, -0.25) is 4.79 Å². The molecule has 0 aliphatic heterocycles. The number of carbonyl (C=O) groups excluding carboxylic acids is 1. The molecular formula is C8H8BrNO. The van der Waals surface area contributed by atoms with Gasteiger partial charge in [0.25, 0.3) is 0 Å². The predicted molar refractivity (Wildman–Crippen MR) is 48.7 cm³/mol. The molecule has 0 fully saturated rings. The highest BCUT2D eigenvalue weighted by Gasteiger charge is 2.02. The SMILES string of the molecule is Cc1cc(N)c(C=O)c(Br)c1. The second-order valence-electron chi connectivity index (χ2n) is 2.37. The van der Waals surface area contributed by atoms with Crippen LogP contribution in [0.4, 0.5) is 5.69 Å². The number of hydrogen-bond acceptors (Lipinski definition) is 2. The molecule has 0 aromatic heterocycles. The molecule has 0 unspecified atom stereocenters. The molecule has 11 heavy (non-hydrogen) atoms. The van der Waals surface area contributed by atoms with E-state index < -0.39 is 0 Å². The lowest BCUT2D eigenvalue weighted by Gasteiger charge is -2.02. The van der Waals surface area contributed by atoms with E-state index in [1.807, 2.05) is 13.0 Å². The molecule has 0 bridgehead atoms. The smallest absolute Gasteiger partial charge is 0.153 e. The molecule has 0 atom stereocenters. The van der Waals surface area contributed by atoms with E-state index in [0.29, 0.717) is 11.3 Å². The molecule has 58 valence electrons. The zero-order chi connectivity index (χ0) is 8.43. The number of carbonyl (C=O) groups is 1. The van der Waals surface area contributed by atoms with Gasteiger partial charge in [0.2, 0.25) is 0 Å². The molecule has 1 aromatic rings. The molecule has 0 amide bonds. The van der Waals surface area contributed by atoms with Gasteiger partial charge in [0, 0.05) is 10.2 Å². The predicted octanol–water partition coefficient (Wildman–Crippen LogP) is 2.15. The van der Waals surface area contributed by atoms with Crippen LogP contribution in [0.3, 0.4) is 0 Å². The minimum Gasteiger partial charge on any atom is -0.398 e. The Morgan fingerprint density at radius 3 is 2.64 bits per heavy atom. The summed E-state index contributed by atoms with van der Waals surface area (Å²) >= 11 is 3.25. The molecule has 0 aliphatic rings. The zero-order valence-electron chi connectivity index (χ0n) is 6.10. The first kappa shape index (κ1) is 8.27. The van der Waals surface area contributed by atoms with E-state index in [1.54, 1.807) is 6.07 Å². The summed E-state index contributed by atoms with van der Waals surface area (Å²) in [5.74, 6) is 0. The third-order valence-corrected chi connectivity index (χ3v) is 2.08. The topological polar surface area (TPSA) is 43.1 Å². The molecule has 1 rings (SSSR count). The Bertz CT molecular complexity index is 273. The van der Waals surface area contributed by atoms with E-state index >= 15 is 0 Å². The van der Waals surface area contributed by atoms with Gasteiger partial charge in [-0.1, -0.05) is 0 Å². The Labute approximate surface area is 73.5 Å². The average molecular weight is 214 g/mol. The van der Waals surface area contributed by atoms with Gasteiger partial charge >= 0.3 is 0 Å². The Hall–Kier alpha value is -0.830. The van der Waals surface area contributed by atoms with Crippen molar-refractivity contribution >= 4 is 27.9 Å². The quantitative estimate of drug-likeness (QED) is 0.574. The molecule has 1 aromatic carbocycles. The fourth-order valence-electron chi connectivity index (χ4n) is 0.905. The lowest BCUT2D eigenvalue weighted by molar-refractivity contribution is 0.112. The van der Waals surface area contributed by atoms with Gasteiger partial charge in [-0.2, -0.15) is 0 Å². The normalized spacial score (nSPS) is 9.64. The molecule has 0 spiro atoms. The van der Waals surface area contributed by atoms with Crippen molar-refractivity contribution in [3.05, 3.63) is 27.7 Å². The third kappa shape index (κ3) is 1.60. The van der Waals surface area contributed by atoms with Crippen LogP contribution in [0.1, 0.15) is 15.9 Å². The fraction of sp³-hybridized carbons (Fsp3) is 0.125. The minimum atomic E-state index is 0.520. The lowest BCUT2D eigenvalue weighted by atomic mass is 10.1. The molecule has 0 aliphatic carbocycles. The Kier molecular flexibility index (Phi) is 2.29. The van der Waals surface area contributed by atoms with Crippen molar-refractivity contribution in [3.8, 4) is 0 Å². The summed E-state index contributed by atoms with van der Waals surface area (Å²) < 4.78 is 0.755. The van der Waals surface area contributed by atoms with Crippen molar-refractivity contribution in [2.24, 2.45) is 0 Å². The van der Waals surface area contributed by atoms with Crippen LogP contribution in [0.5, 0.6) is 0 Å². The first-order chi connectivity index (χ1) is 5.15. The van der Waals surface area contributed by atoms with E-state index in [9.17, 15) is 4.79 Å². The Balaban J connectivity index is 3.36. The van der Waals surface area contributed by atoms with Gasteiger partial charge in [0.05, 0.1) is 5.56 Å². The van der Waals surface area contributed by atoms with Crippen molar-refractivity contribution in [1.29, 1.82) is 0 Å². The summed E-state index contributed by atoms with van der Waals surface area (Å²) in [6, 6.07) is 3.63. The van der Waals surface area contributed by atoms with Gasteiger partial charge in [-0.15, -0.1) is 0 Å². The number of aryl methyl sites for hydroxylation is 1. The summed E-state index contributed by atoms with van der Waals surface area (Å²) in [4.78, 5) is 10.4. The second kappa shape index (κ2) is 3.05. The van der Waals surface area contributed by atoms with Crippen LogP contribution >= 0.6 is 15.9 Å². The summed E-state index contributed by atoms with van der Waals surface area (Å²) in [6.07, 6.45) is 0.749. The van der Waals surface area contributed by atoms with Crippen LogP contribution in [-0.2, 0) is 0 Å². The highest BCUT2D eigenvalue weighted by atomic mass is 79.9. The summed E-state index contributed by atoms with van der Waals surface area (Å²) in [5, 5.41) is 0. The summed E-state index contributed by atoms with van der Waals surface area (Å²) in [6.45, 7) is 1.93. The first-order valence-electron chi connectivity index (χ1n) is 3.16. The van der Waals surface area contributed by atoms with Crippen LogP contribution in [0, 0.1) is 6.92 Å². The molecular weight excluding hydrogens is 206 g/mol. The number of benzene rings is 1. The van der Waals surface area contributed by atoms with Crippen LogP contribution in [0.15, 0.2) is 16.6 Å². The van der Waals surface area contributed by atoms with Crippen LogP contribution in [-0.4, -0.2) is 6.29 Å². The van der Waals surface area contributed by atoms with Gasteiger partial charge in [0.15, 0.2) is 6.29 Å². The van der Waals surface area contributed by atoms with E-state index in [-0.39, 0.29) is 0 Å². The Morgan fingerprint density at radius 2 is 2.18 bits per heavy atom. The maximum atomic E-state index is 10.4. The van der Waals surface area contributed by atoms with E-state index in [2.05, 4.69) is 15.9 Å². The van der Waals surface area contributed by atoms with Crippen molar-refractivity contribution in [2.45, 2.75) is 6.92 Å². The van der Waals surface area contributed by atoms with E-state index in [1.165, 1.54) is 0 Å². The van der Waals surface area contributed by atoms with E-state index in [4.69, 9.17) is 5.73 Å². The first-order valence-corrected chi connectivity index (χ1v) is 3.95. The molecule has 0 saturated heterocycles. The van der Waals surface area contributed by atoms with Crippen molar-refractivity contribution in [2.75, 3.05) is 5.73 Å². The highest BCUT2D eigenvalue weighted by molar-refractivity contribution is 9.10. The van der Waals surface area contributed by atoms with Gasteiger partial charge < -0.3 is 5.73 Å². The van der Waals surface area contributed by atoms with Gasteiger partial charge in [-0.25, -0.2) is 0 Å². The number of anilines is 1. The number of aldehydes is 1. The van der Waals surface area contributed by atoms with Crippen molar-refractivity contribution in [3.63, 3.8) is 0 Å². The fourth-order valence-corrected chi connectivity index (χ4v) is 1.59. The number of rotatable bonds is 1. The third-order valence-electron chi connectivity index (χ3n) is 1.42. The number of nitrogens with two attached hydrogens (primary N) is 1. The lowest BCUT2D eigenvalue weighted by Crippen LogP contribution is -1.94. The summed E-state index contributed by atoms with van der Waals surface area (Å²) in [5.41, 5.74) is 7.66. The molecule has 3 heteroatoms. The summed E-state index contributed by atoms with van der Waals surface area (Å²) in [7, 11) is 0. The second-order valence-corrected chi connectivity index (χ2v) is 3.22. The molecule has 0 radical (unpaired) electrons. The van der Waals surface area contributed by atoms with Crippen molar-refractivity contribution in [1.82, 2.24) is 0 Å². The van der Waals surface area contributed by atoms with E-state index in [0.717, 1.165) is 16.3 Å². The zero-order valence-corrected chi connectivity index (χ0v) is 7.68. The van der Waals surface area contributed by atoms with Crippen LogP contribution < -0.4 is 5.73 Å². The highest BCUT2D eigenvalue weighted by Crippen LogP contribution is 2.22. The molecule has 2 N–H and O–H groups in total. The standard InChI is InChI=1S/C8H8BrNO/c1-5-2-7(9)6(4-11)8(10)3-5/h2-4H,10H2,1H3. The van der Waals surface area contributed by atoms with Crippen LogP contribution in [0.2, 0.25) is 0 Å². The average Bonchev–Trinajstić information content (AvgIpc) is 1.85. The maximum absolute atomic E-state index is 10.4. The monoisotopic (exact) mass is 213 g/mol. The number of halogens is 1. The number of hydrogen-bond donors (Lipinski definition) is 1. The largest absolute Gasteiger partial charge is 0.398 e. The number of nitrogen functional groups attached to an aromatic ring is 1. The Morgan fingerprint density at radius 1 is 1.55 bits per heavy atom. The molecule has 2 nitrogen and oxygen atoms in total. The van der Waals surface area contributed by atoms with Crippen LogP contribution in [0.25, 0.3) is 0 Å². The van der Waals surface area contributed by atoms with Crippen molar-refractivity contribution < 1.29 is 4.79 Å². The maximum Gasteiger partial charge on any atom is 0.153 e.